The maximum absolute atomic E-state index is 12.2. The molecule has 108 valence electrons. The zero-order chi connectivity index (χ0) is 15.2. The molecule has 21 heavy (non-hydrogen) atoms. The Morgan fingerprint density at radius 2 is 1.71 bits per heavy atom. The quantitative estimate of drug-likeness (QED) is 0.633. The van der Waals surface area contributed by atoms with E-state index in [1.165, 1.54) is 5.01 Å². The Kier molecular flexibility index (Phi) is 5.30. The third kappa shape index (κ3) is 4.27. The van der Waals surface area contributed by atoms with Gasteiger partial charge in [0.2, 0.25) is 0 Å². The second-order valence-electron chi connectivity index (χ2n) is 4.28. The van der Waals surface area contributed by atoms with E-state index in [4.69, 9.17) is 12.2 Å². The van der Waals surface area contributed by atoms with Crippen molar-refractivity contribution in [1.82, 2.24) is 10.4 Å². The molecule has 0 aromatic heterocycles. The fourth-order valence-corrected chi connectivity index (χ4v) is 2.27. The van der Waals surface area contributed by atoms with E-state index in [9.17, 15) is 4.79 Å². The number of carbonyl (C=O) groups excluding carboxylic acids is 1. The van der Waals surface area contributed by atoms with Crippen LogP contribution >= 0.6 is 28.1 Å². The number of benzene rings is 2. The minimum atomic E-state index is -0.234. The third-order valence-corrected chi connectivity index (χ3v) is 3.78. The van der Waals surface area contributed by atoms with Gasteiger partial charge in [0, 0.05) is 17.2 Å². The van der Waals surface area contributed by atoms with E-state index in [0.29, 0.717) is 10.7 Å². The lowest BCUT2D eigenvalue weighted by molar-refractivity contribution is 0.0887. The van der Waals surface area contributed by atoms with Gasteiger partial charge >= 0.3 is 0 Å². The Morgan fingerprint density at radius 3 is 2.38 bits per heavy atom. The summed E-state index contributed by atoms with van der Waals surface area (Å²) < 4.78 is 0.734. The highest BCUT2D eigenvalue weighted by Crippen LogP contribution is 2.15. The number of hydrogen-bond acceptors (Lipinski definition) is 2. The van der Waals surface area contributed by atoms with Crippen molar-refractivity contribution in [2.75, 3.05) is 12.4 Å². The number of nitrogens with zero attached hydrogens (tertiary/aromatic N) is 1. The SMILES string of the molecule is CN(NC(=O)c1ccccc1Br)C(=S)Nc1ccccc1. The van der Waals surface area contributed by atoms with E-state index in [0.717, 1.165) is 10.2 Å². The number of carbonyl (C=O) groups is 1. The first-order valence-corrected chi connectivity index (χ1v) is 7.43. The highest BCUT2D eigenvalue weighted by molar-refractivity contribution is 9.10. The lowest BCUT2D eigenvalue weighted by atomic mass is 10.2. The smallest absolute Gasteiger partial charge is 0.270 e. The Balaban J connectivity index is 1.98. The molecule has 2 N–H and O–H groups in total. The minimum absolute atomic E-state index is 0.234. The second-order valence-corrected chi connectivity index (χ2v) is 5.52. The average molecular weight is 364 g/mol. The molecule has 0 bridgehead atoms. The van der Waals surface area contributed by atoms with Gasteiger partial charge in [-0.25, -0.2) is 0 Å². The summed E-state index contributed by atoms with van der Waals surface area (Å²) in [4.78, 5) is 12.2. The van der Waals surface area contributed by atoms with E-state index >= 15 is 0 Å². The van der Waals surface area contributed by atoms with Crippen molar-refractivity contribution in [1.29, 1.82) is 0 Å². The van der Waals surface area contributed by atoms with Crippen LogP contribution in [-0.4, -0.2) is 23.1 Å². The summed E-state index contributed by atoms with van der Waals surface area (Å²) >= 11 is 8.60. The van der Waals surface area contributed by atoms with Gasteiger partial charge in [-0.15, -0.1) is 0 Å². The van der Waals surface area contributed by atoms with E-state index in [1.807, 2.05) is 42.5 Å². The van der Waals surface area contributed by atoms with Gasteiger partial charge in [-0.2, -0.15) is 0 Å². The molecule has 0 fully saturated rings. The molecule has 4 nitrogen and oxygen atoms in total. The van der Waals surface area contributed by atoms with Crippen molar-refractivity contribution in [3.05, 3.63) is 64.6 Å². The Hall–Kier alpha value is -1.92. The van der Waals surface area contributed by atoms with Crippen LogP contribution in [0.25, 0.3) is 0 Å². The summed E-state index contributed by atoms with van der Waals surface area (Å²) in [7, 11) is 1.69. The summed E-state index contributed by atoms with van der Waals surface area (Å²) in [6, 6.07) is 16.7. The van der Waals surface area contributed by atoms with Crippen LogP contribution in [0, 0.1) is 0 Å². The first-order chi connectivity index (χ1) is 10.1. The van der Waals surface area contributed by atoms with Crippen LogP contribution in [0.2, 0.25) is 0 Å². The Morgan fingerprint density at radius 1 is 1.10 bits per heavy atom. The molecule has 2 aromatic rings. The highest BCUT2D eigenvalue weighted by atomic mass is 79.9. The van der Waals surface area contributed by atoms with E-state index in [2.05, 4.69) is 26.7 Å². The number of hydrogen-bond donors (Lipinski definition) is 2. The van der Waals surface area contributed by atoms with Crippen molar-refractivity contribution in [2.45, 2.75) is 0 Å². The third-order valence-electron chi connectivity index (χ3n) is 2.72. The monoisotopic (exact) mass is 363 g/mol. The molecule has 6 heteroatoms. The summed E-state index contributed by atoms with van der Waals surface area (Å²) in [6.07, 6.45) is 0. The second kappa shape index (κ2) is 7.19. The van der Waals surface area contributed by atoms with Crippen LogP contribution < -0.4 is 10.7 Å². The number of nitrogens with one attached hydrogen (secondary N) is 2. The van der Waals surface area contributed by atoms with Crippen LogP contribution in [0.4, 0.5) is 5.69 Å². The Bertz CT molecular complexity index is 648. The maximum Gasteiger partial charge on any atom is 0.270 e. The maximum atomic E-state index is 12.2. The van der Waals surface area contributed by atoms with Crippen LogP contribution in [-0.2, 0) is 0 Å². The molecule has 0 atom stereocenters. The summed E-state index contributed by atoms with van der Waals surface area (Å²) in [5.41, 5.74) is 4.13. The number of halogens is 1. The molecular weight excluding hydrogens is 350 g/mol. The molecule has 0 aliphatic heterocycles. The van der Waals surface area contributed by atoms with E-state index < -0.39 is 0 Å². The molecule has 0 saturated heterocycles. The highest BCUT2D eigenvalue weighted by Gasteiger charge is 2.12. The van der Waals surface area contributed by atoms with Crippen LogP contribution in [0.15, 0.2) is 59.1 Å². The van der Waals surface area contributed by atoms with Gasteiger partial charge < -0.3 is 5.32 Å². The van der Waals surface area contributed by atoms with Gasteiger partial charge in [0.15, 0.2) is 5.11 Å². The fourth-order valence-electron chi connectivity index (χ4n) is 1.64. The summed E-state index contributed by atoms with van der Waals surface area (Å²) in [5.74, 6) is -0.234. The van der Waals surface area contributed by atoms with Crippen molar-refractivity contribution >= 4 is 44.9 Å². The summed E-state index contributed by atoms with van der Waals surface area (Å²) in [5, 5.41) is 4.92. The molecule has 0 saturated carbocycles. The van der Waals surface area contributed by atoms with Gasteiger partial charge in [0.25, 0.3) is 5.91 Å². The van der Waals surface area contributed by atoms with Gasteiger partial charge in [0.1, 0.15) is 0 Å². The van der Waals surface area contributed by atoms with Crippen molar-refractivity contribution in [2.24, 2.45) is 0 Å². The van der Waals surface area contributed by atoms with Gasteiger partial charge in [-0.3, -0.25) is 15.2 Å². The van der Waals surface area contributed by atoms with E-state index in [1.54, 1.807) is 19.2 Å². The zero-order valence-corrected chi connectivity index (χ0v) is 13.7. The number of hydrazine groups is 1. The number of anilines is 1. The topological polar surface area (TPSA) is 44.4 Å². The zero-order valence-electron chi connectivity index (χ0n) is 11.3. The van der Waals surface area contributed by atoms with Gasteiger partial charge in [-0.1, -0.05) is 30.3 Å². The molecule has 2 aromatic carbocycles. The fraction of sp³-hybridized carbons (Fsp3) is 0.0667. The molecule has 1 amide bonds. The molecule has 0 aliphatic rings. The molecule has 0 heterocycles. The van der Waals surface area contributed by atoms with Crippen LogP contribution in [0.3, 0.4) is 0 Å². The van der Waals surface area contributed by atoms with Crippen LogP contribution in [0.5, 0.6) is 0 Å². The standard InChI is InChI=1S/C15H14BrN3OS/c1-19(15(21)17-11-7-3-2-4-8-11)18-14(20)12-9-5-6-10-13(12)16/h2-10H,1H3,(H,17,21)(H,18,20). The van der Waals surface area contributed by atoms with Crippen LogP contribution in [0.1, 0.15) is 10.4 Å². The van der Waals surface area contributed by atoms with Crippen molar-refractivity contribution in [3.63, 3.8) is 0 Å². The number of amides is 1. The lowest BCUT2D eigenvalue weighted by Gasteiger charge is -2.22. The molecule has 0 spiro atoms. The Labute approximate surface area is 137 Å². The lowest BCUT2D eigenvalue weighted by Crippen LogP contribution is -2.45. The number of rotatable bonds is 2. The first-order valence-electron chi connectivity index (χ1n) is 6.23. The van der Waals surface area contributed by atoms with Crippen molar-refractivity contribution < 1.29 is 4.79 Å². The molecular formula is C15H14BrN3OS. The predicted octanol–water partition coefficient (Wildman–Crippen LogP) is 3.42. The van der Waals surface area contributed by atoms with Gasteiger partial charge in [-0.05, 0) is 52.4 Å². The van der Waals surface area contributed by atoms with Gasteiger partial charge in [0.05, 0.1) is 5.56 Å². The molecule has 2 rings (SSSR count). The first kappa shape index (κ1) is 15.5. The molecule has 0 aliphatic carbocycles. The minimum Gasteiger partial charge on any atom is -0.331 e. The molecule has 0 radical (unpaired) electrons. The summed E-state index contributed by atoms with van der Waals surface area (Å²) in [6.45, 7) is 0. The van der Waals surface area contributed by atoms with Crippen molar-refractivity contribution in [3.8, 4) is 0 Å². The molecule has 0 unspecified atom stereocenters. The van der Waals surface area contributed by atoms with E-state index in [-0.39, 0.29) is 5.91 Å². The average Bonchev–Trinajstić information content (AvgIpc) is 2.48. The normalized spacial score (nSPS) is 9.81. The number of para-hydroxylation sites is 1. The predicted molar refractivity (Wildman–Crippen MR) is 92.0 cm³/mol. The number of thiocarbonyl (C=S) groups is 1. The largest absolute Gasteiger partial charge is 0.331 e.